The van der Waals surface area contributed by atoms with Gasteiger partial charge in [-0.2, -0.15) is 5.26 Å². The molecule has 3 aromatic rings. The number of halogens is 1. The maximum Gasteiger partial charge on any atom is 0.226 e. The monoisotopic (exact) mass is 400 g/mol. The zero-order chi connectivity index (χ0) is 16.5. The fraction of sp³-hybridized carbons (Fsp3) is 0.235. The predicted molar refractivity (Wildman–Crippen MR) is 98.3 cm³/mol. The van der Waals surface area contributed by atoms with E-state index < -0.39 is 0 Å². The Labute approximate surface area is 151 Å². The molecule has 0 unspecified atom stereocenters. The van der Waals surface area contributed by atoms with Crippen molar-refractivity contribution in [2.75, 3.05) is 31.2 Å². The Morgan fingerprint density at radius 1 is 1.17 bits per heavy atom. The highest BCUT2D eigenvalue weighted by atomic mass is 79.9. The van der Waals surface area contributed by atoms with Crippen molar-refractivity contribution in [3.63, 3.8) is 0 Å². The first-order valence-electron chi connectivity index (χ1n) is 7.54. The smallest absolute Gasteiger partial charge is 0.226 e. The minimum absolute atomic E-state index is 0.643. The molecule has 0 radical (unpaired) electrons. The number of hydrogen-bond acceptors (Lipinski definition) is 6. The number of fused-ring (bicyclic) bond motifs is 1. The summed E-state index contributed by atoms with van der Waals surface area (Å²) in [4.78, 5) is 11.7. The van der Waals surface area contributed by atoms with Gasteiger partial charge in [0.05, 0.1) is 39.7 Å². The molecule has 0 spiro atoms. The van der Waals surface area contributed by atoms with Crippen LogP contribution in [0, 0.1) is 11.3 Å². The third kappa shape index (κ3) is 2.77. The Morgan fingerprint density at radius 3 is 2.62 bits per heavy atom. The van der Waals surface area contributed by atoms with Gasteiger partial charge in [-0.3, -0.25) is 0 Å². The molecule has 1 saturated heterocycles. The van der Waals surface area contributed by atoms with Crippen LogP contribution in [-0.2, 0) is 4.74 Å². The fourth-order valence-electron chi connectivity index (χ4n) is 2.68. The molecule has 1 aliphatic heterocycles. The Bertz CT molecular complexity index is 926. The van der Waals surface area contributed by atoms with E-state index in [4.69, 9.17) is 20.0 Å². The summed E-state index contributed by atoms with van der Waals surface area (Å²) in [7, 11) is 0. The third-order valence-corrected chi connectivity index (χ3v) is 5.83. The molecule has 2 aromatic heterocycles. The van der Waals surface area contributed by atoms with E-state index in [-0.39, 0.29) is 0 Å². The van der Waals surface area contributed by atoms with Crippen molar-refractivity contribution >= 4 is 43.4 Å². The van der Waals surface area contributed by atoms with E-state index in [1.165, 1.54) is 0 Å². The van der Waals surface area contributed by atoms with Gasteiger partial charge in [-0.1, -0.05) is 12.1 Å². The van der Waals surface area contributed by atoms with Crippen molar-refractivity contribution in [1.29, 1.82) is 5.26 Å². The molecular weight excluding hydrogens is 388 g/mol. The highest BCUT2D eigenvalue weighted by Crippen LogP contribution is 2.36. The van der Waals surface area contributed by atoms with E-state index in [1.54, 1.807) is 11.3 Å². The number of rotatable bonds is 2. The van der Waals surface area contributed by atoms with Crippen molar-refractivity contribution in [3.05, 3.63) is 39.7 Å². The molecule has 24 heavy (non-hydrogen) atoms. The first kappa shape index (κ1) is 15.5. The second-order valence-electron chi connectivity index (χ2n) is 5.42. The third-order valence-electron chi connectivity index (χ3n) is 3.94. The average Bonchev–Trinajstić information content (AvgIpc) is 3.03. The van der Waals surface area contributed by atoms with Crippen LogP contribution in [0.3, 0.4) is 0 Å². The molecule has 4 rings (SSSR count). The normalized spacial score (nSPS) is 14.8. The number of nitriles is 1. The zero-order valence-electron chi connectivity index (χ0n) is 12.7. The zero-order valence-corrected chi connectivity index (χ0v) is 15.1. The summed E-state index contributed by atoms with van der Waals surface area (Å²) in [5, 5.41) is 11.0. The molecule has 3 heterocycles. The molecule has 0 aliphatic carbocycles. The van der Waals surface area contributed by atoms with Crippen molar-refractivity contribution in [2.24, 2.45) is 0 Å². The summed E-state index contributed by atoms with van der Waals surface area (Å²) < 4.78 is 7.45. The number of ether oxygens (including phenoxy) is 1. The average molecular weight is 401 g/mol. The van der Waals surface area contributed by atoms with Crippen molar-refractivity contribution in [3.8, 4) is 17.3 Å². The quantitative estimate of drug-likeness (QED) is 0.653. The van der Waals surface area contributed by atoms with Gasteiger partial charge in [0.25, 0.3) is 0 Å². The predicted octanol–water partition coefficient (Wildman–Crippen LogP) is 3.83. The Kier molecular flexibility index (Phi) is 4.19. The molecule has 1 aliphatic rings. The molecule has 5 nitrogen and oxygen atoms in total. The number of benzene rings is 1. The highest BCUT2D eigenvalue weighted by molar-refractivity contribution is 9.10. The van der Waals surface area contributed by atoms with E-state index in [0.29, 0.717) is 18.8 Å². The Morgan fingerprint density at radius 2 is 1.92 bits per heavy atom. The lowest BCUT2D eigenvalue weighted by Gasteiger charge is -2.27. The lowest BCUT2D eigenvalue weighted by molar-refractivity contribution is 0.122. The van der Waals surface area contributed by atoms with Crippen LogP contribution in [0.15, 0.2) is 34.1 Å². The minimum atomic E-state index is 0.643. The van der Waals surface area contributed by atoms with E-state index in [2.05, 4.69) is 26.9 Å². The van der Waals surface area contributed by atoms with Crippen LogP contribution in [0.4, 0.5) is 5.95 Å². The highest BCUT2D eigenvalue weighted by Gasteiger charge is 2.19. The van der Waals surface area contributed by atoms with E-state index in [1.807, 2.05) is 29.6 Å². The molecule has 0 bridgehead atoms. The lowest BCUT2D eigenvalue weighted by atomic mass is 10.1. The van der Waals surface area contributed by atoms with Crippen molar-refractivity contribution in [1.82, 2.24) is 9.97 Å². The summed E-state index contributed by atoms with van der Waals surface area (Å²) in [5.74, 6) is 0.726. The van der Waals surface area contributed by atoms with E-state index >= 15 is 0 Å². The lowest BCUT2D eigenvalue weighted by Crippen LogP contribution is -2.37. The first-order chi connectivity index (χ1) is 11.8. The number of hydrogen-bond donors (Lipinski definition) is 0. The molecule has 0 atom stereocenters. The van der Waals surface area contributed by atoms with Gasteiger partial charge >= 0.3 is 0 Å². The van der Waals surface area contributed by atoms with Gasteiger partial charge in [0, 0.05) is 24.0 Å². The van der Waals surface area contributed by atoms with E-state index in [0.717, 1.165) is 45.0 Å². The van der Waals surface area contributed by atoms with Gasteiger partial charge in [-0.25, -0.2) is 9.97 Å². The van der Waals surface area contributed by atoms with Gasteiger partial charge in [0.1, 0.15) is 5.52 Å². The van der Waals surface area contributed by atoms with Crippen LogP contribution in [0.2, 0.25) is 0 Å². The largest absolute Gasteiger partial charge is 0.378 e. The minimum Gasteiger partial charge on any atom is -0.378 e. The summed E-state index contributed by atoms with van der Waals surface area (Å²) in [5.41, 5.74) is 3.47. The van der Waals surface area contributed by atoms with Crippen LogP contribution in [0.5, 0.6) is 0 Å². The van der Waals surface area contributed by atoms with Crippen molar-refractivity contribution < 1.29 is 4.74 Å². The number of aromatic nitrogens is 2. The summed E-state index contributed by atoms with van der Waals surface area (Å²) >= 11 is 5.21. The molecule has 0 saturated carbocycles. The SMILES string of the molecule is N#Cc1ccc(-c2nc(N3CCOCC3)nc3c(Br)csc23)cc1. The number of anilines is 1. The number of thiophene rings is 1. The maximum absolute atomic E-state index is 8.99. The maximum atomic E-state index is 8.99. The van der Waals surface area contributed by atoms with Crippen LogP contribution in [0.25, 0.3) is 21.5 Å². The summed E-state index contributed by atoms with van der Waals surface area (Å²) in [6, 6.07) is 9.67. The molecule has 0 N–H and O–H groups in total. The summed E-state index contributed by atoms with van der Waals surface area (Å²) in [6.07, 6.45) is 0. The van der Waals surface area contributed by atoms with Gasteiger partial charge in [0.15, 0.2) is 0 Å². The number of nitrogens with zero attached hydrogens (tertiary/aromatic N) is 4. The molecule has 7 heteroatoms. The van der Waals surface area contributed by atoms with Crippen LogP contribution < -0.4 is 4.90 Å². The fourth-order valence-corrected chi connectivity index (χ4v) is 4.26. The van der Waals surface area contributed by atoms with Gasteiger partial charge < -0.3 is 9.64 Å². The van der Waals surface area contributed by atoms with Crippen LogP contribution >= 0.6 is 27.3 Å². The number of morpholine rings is 1. The first-order valence-corrected chi connectivity index (χ1v) is 9.21. The molecule has 120 valence electrons. The van der Waals surface area contributed by atoms with Gasteiger partial charge in [-0.15, -0.1) is 11.3 Å². The molecule has 0 amide bonds. The van der Waals surface area contributed by atoms with Crippen molar-refractivity contribution in [2.45, 2.75) is 0 Å². The Balaban J connectivity index is 1.87. The Hall–Kier alpha value is -2.01. The second-order valence-corrected chi connectivity index (χ2v) is 7.16. The van der Waals surface area contributed by atoms with Gasteiger partial charge in [-0.05, 0) is 28.1 Å². The van der Waals surface area contributed by atoms with Crippen LogP contribution in [-0.4, -0.2) is 36.3 Å². The summed E-state index contributed by atoms with van der Waals surface area (Å²) in [6.45, 7) is 2.97. The second kappa shape index (κ2) is 6.48. The van der Waals surface area contributed by atoms with E-state index in [9.17, 15) is 0 Å². The standard InChI is InChI=1S/C17H13BrN4OS/c18-13-10-24-16-14(12-3-1-11(9-19)2-4-12)20-17(21-15(13)16)22-5-7-23-8-6-22/h1-4,10H,5-8H2. The van der Waals surface area contributed by atoms with Gasteiger partial charge in [0.2, 0.25) is 5.95 Å². The molecular formula is C17H13BrN4OS. The van der Waals surface area contributed by atoms with Crippen LogP contribution in [0.1, 0.15) is 5.56 Å². The molecule has 1 fully saturated rings. The molecule has 1 aromatic carbocycles. The topological polar surface area (TPSA) is 62.0 Å².